The predicted molar refractivity (Wildman–Crippen MR) is 123 cm³/mol. The van der Waals surface area contributed by atoms with Crippen LogP contribution in [-0.2, 0) is 4.79 Å². The third-order valence-corrected chi connectivity index (χ3v) is 7.49. The Morgan fingerprint density at radius 3 is 2.45 bits per heavy atom. The number of hydrogen-bond acceptors (Lipinski definition) is 6. The van der Waals surface area contributed by atoms with Crippen LogP contribution >= 0.6 is 11.3 Å². The van der Waals surface area contributed by atoms with Crippen molar-refractivity contribution in [1.82, 2.24) is 15.1 Å². The molecule has 4 heterocycles. The van der Waals surface area contributed by atoms with Crippen molar-refractivity contribution < 1.29 is 23.9 Å². The average molecular weight is 470 g/mol. The molecule has 5 rings (SSSR count). The van der Waals surface area contributed by atoms with Crippen LogP contribution < -0.4 is 14.8 Å². The lowest BCUT2D eigenvalue weighted by Gasteiger charge is -2.37. The van der Waals surface area contributed by atoms with E-state index in [1.807, 2.05) is 27.3 Å². The summed E-state index contributed by atoms with van der Waals surface area (Å²) in [6.07, 6.45) is 3.32. The molecule has 2 fully saturated rings. The second kappa shape index (κ2) is 9.43. The third kappa shape index (κ3) is 4.55. The Balaban J connectivity index is 1.29. The second-order valence-corrected chi connectivity index (χ2v) is 9.61. The molecule has 174 valence electrons. The number of hydrogen-bond donors (Lipinski definition) is 1. The topological polar surface area (TPSA) is 88.2 Å². The highest BCUT2D eigenvalue weighted by atomic mass is 32.1. The van der Waals surface area contributed by atoms with Crippen molar-refractivity contribution >= 4 is 29.1 Å². The Bertz CT molecular complexity index is 1030. The molecular formula is C24H27N3O5S. The van der Waals surface area contributed by atoms with Crippen LogP contribution in [0.15, 0.2) is 35.7 Å². The van der Waals surface area contributed by atoms with Crippen LogP contribution in [0.2, 0.25) is 0 Å². The maximum absolute atomic E-state index is 13.4. The number of nitrogens with one attached hydrogen (secondary N) is 1. The number of thiophene rings is 1. The Morgan fingerprint density at radius 2 is 1.73 bits per heavy atom. The quantitative estimate of drug-likeness (QED) is 0.728. The van der Waals surface area contributed by atoms with Crippen molar-refractivity contribution in [1.29, 1.82) is 0 Å². The van der Waals surface area contributed by atoms with Crippen LogP contribution in [0.3, 0.4) is 0 Å². The Hall–Kier alpha value is -3.07. The van der Waals surface area contributed by atoms with Crippen LogP contribution in [0.1, 0.15) is 45.7 Å². The van der Waals surface area contributed by atoms with Gasteiger partial charge in [0.2, 0.25) is 12.7 Å². The van der Waals surface area contributed by atoms with Crippen LogP contribution in [-0.4, -0.2) is 66.5 Å². The average Bonchev–Trinajstić information content (AvgIpc) is 3.63. The number of rotatable bonds is 5. The molecule has 0 spiro atoms. The molecule has 3 aliphatic heterocycles. The van der Waals surface area contributed by atoms with Gasteiger partial charge < -0.3 is 24.6 Å². The van der Waals surface area contributed by atoms with Crippen molar-refractivity contribution in [2.24, 2.45) is 5.92 Å². The molecule has 3 aliphatic rings. The third-order valence-electron chi connectivity index (χ3n) is 6.64. The molecule has 9 heteroatoms. The van der Waals surface area contributed by atoms with E-state index in [1.165, 1.54) is 11.3 Å². The lowest BCUT2D eigenvalue weighted by Crippen LogP contribution is -2.54. The summed E-state index contributed by atoms with van der Waals surface area (Å²) in [4.78, 5) is 43.6. The predicted octanol–water partition coefficient (Wildman–Crippen LogP) is 2.75. The number of carbonyl (C=O) groups excluding carboxylic acids is 3. The Morgan fingerprint density at radius 1 is 0.970 bits per heavy atom. The van der Waals surface area contributed by atoms with Gasteiger partial charge in [0.1, 0.15) is 6.04 Å². The Kier molecular flexibility index (Phi) is 6.22. The zero-order chi connectivity index (χ0) is 22.8. The molecule has 0 radical (unpaired) electrons. The molecule has 2 aromatic rings. The van der Waals surface area contributed by atoms with E-state index in [0.717, 1.165) is 30.8 Å². The summed E-state index contributed by atoms with van der Waals surface area (Å²) in [5.74, 6) is 0.829. The fourth-order valence-corrected chi connectivity index (χ4v) is 5.46. The van der Waals surface area contributed by atoms with E-state index >= 15 is 0 Å². The number of benzene rings is 1. The van der Waals surface area contributed by atoms with Gasteiger partial charge >= 0.3 is 0 Å². The lowest BCUT2D eigenvalue weighted by atomic mass is 9.88. The summed E-state index contributed by atoms with van der Waals surface area (Å²) >= 11 is 1.44. The minimum absolute atomic E-state index is 0.0235. The van der Waals surface area contributed by atoms with E-state index in [1.54, 1.807) is 18.2 Å². The molecule has 0 bridgehead atoms. The first-order valence-corrected chi connectivity index (χ1v) is 12.3. The highest BCUT2D eigenvalue weighted by Crippen LogP contribution is 2.33. The molecule has 0 saturated carbocycles. The summed E-state index contributed by atoms with van der Waals surface area (Å²) in [5, 5.41) is 4.91. The largest absolute Gasteiger partial charge is 0.454 e. The number of nitrogens with zero attached hydrogens (tertiary/aromatic N) is 2. The van der Waals surface area contributed by atoms with Crippen molar-refractivity contribution in [2.45, 2.75) is 31.7 Å². The number of fused-ring (bicyclic) bond motifs is 1. The van der Waals surface area contributed by atoms with Crippen LogP contribution in [0.5, 0.6) is 11.5 Å². The monoisotopic (exact) mass is 469 g/mol. The standard InChI is InChI=1S/C24H27N3O5S/c28-22(17-5-6-18-19(14-17)32-15-31-18)25-21(24(30)26-9-1-2-10-26)16-7-11-27(12-8-16)23(29)20-4-3-13-33-20/h3-6,13-14,16,21H,1-2,7-12,15H2,(H,25,28). The summed E-state index contributed by atoms with van der Waals surface area (Å²) in [6.45, 7) is 2.74. The maximum Gasteiger partial charge on any atom is 0.263 e. The van der Waals surface area contributed by atoms with Gasteiger partial charge in [-0.1, -0.05) is 6.07 Å². The molecule has 1 atom stereocenters. The van der Waals surface area contributed by atoms with Crippen molar-refractivity contribution in [2.75, 3.05) is 33.0 Å². The van der Waals surface area contributed by atoms with E-state index < -0.39 is 6.04 Å². The molecule has 33 heavy (non-hydrogen) atoms. The van der Waals surface area contributed by atoms with Crippen molar-refractivity contribution in [3.8, 4) is 11.5 Å². The highest BCUT2D eigenvalue weighted by Gasteiger charge is 2.37. The van der Waals surface area contributed by atoms with Gasteiger partial charge in [0, 0.05) is 31.7 Å². The fourth-order valence-electron chi connectivity index (χ4n) is 4.77. The van der Waals surface area contributed by atoms with E-state index in [0.29, 0.717) is 43.0 Å². The van der Waals surface area contributed by atoms with E-state index in [4.69, 9.17) is 9.47 Å². The SMILES string of the molecule is O=C(NC(C(=O)N1CCCC1)C1CCN(C(=O)c2cccs2)CC1)c1ccc2c(c1)OCO2. The minimum atomic E-state index is -0.611. The maximum atomic E-state index is 13.4. The first kappa shape index (κ1) is 21.8. The lowest BCUT2D eigenvalue weighted by molar-refractivity contribution is -0.134. The molecule has 8 nitrogen and oxygen atoms in total. The van der Waals surface area contributed by atoms with Crippen molar-refractivity contribution in [3.05, 3.63) is 46.2 Å². The van der Waals surface area contributed by atoms with Gasteiger partial charge in [-0.25, -0.2) is 0 Å². The summed E-state index contributed by atoms with van der Waals surface area (Å²) in [6, 6.07) is 8.15. The summed E-state index contributed by atoms with van der Waals surface area (Å²) in [5.41, 5.74) is 0.434. The van der Waals surface area contributed by atoms with Gasteiger partial charge in [0.05, 0.1) is 4.88 Å². The van der Waals surface area contributed by atoms with E-state index in [-0.39, 0.29) is 30.4 Å². The molecule has 1 unspecified atom stereocenters. The molecular weight excluding hydrogens is 442 g/mol. The molecule has 1 aromatic carbocycles. The van der Waals surface area contributed by atoms with Crippen molar-refractivity contribution in [3.63, 3.8) is 0 Å². The molecule has 1 aromatic heterocycles. The van der Waals surface area contributed by atoms with E-state index in [2.05, 4.69) is 5.32 Å². The normalized spacial score (nSPS) is 18.9. The molecule has 3 amide bonds. The minimum Gasteiger partial charge on any atom is -0.454 e. The van der Waals surface area contributed by atoms with Gasteiger partial charge in [-0.3, -0.25) is 14.4 Å². The zero-order valence-electron chi connectivity index (χ0n) is 18.3. The highest BCUT2D eigenvalue weighted by molar-refractivity contribution is 7.12. The first-order chi connectivity index (χ1) is 16.1. The smallest absolute Gasteiger partial charge is 0.263 e. The Labute approximate surface area is 196 Å². The van der Waals surface area contributed by atoms with Gasteiger partial charge in [-0.05, 0) is 61.2 Å². The summed E-state index contributed by atoms with van der Waals surface area (Å²) < 4.78 is 10.7. The molecule has 1 N–H and O–H groups in total. The summed E-state index contributed by atoms with van der Waals surface area (Å²) in [7, 11) is 0. The number of carbonyl (C=O) groups is 3. The van der Waals surface area contributed by atoms with Crippen LogP contribution in [0, 0.1) is 5.92 Å². The van der Waals surface area contributed by atoms with Gasteiger partial charge in [-0.2, -0.15) is 0 Å². The molecule has 2 saturated heterocycles. The van der Waals surface area contributed by atoms with Crippen LogP contribution in [0.25, 0.3) is 0 Å². The van der Waals surface area contributed by atoms with E-state index in [9.17, 15) is 14.4 Å². The van der Waals surface area contributed by atoms with Crippen LogP contribution in [0.4, 0.5) is 0 Å². The second-order valence-electron chi connectivity index (χ2n) is 8.66. The zero-order valence-corrected chi connectivity index (χ0v) is 19.1. The first-order valence-electron chi connectivity index (χ1n) is 11.4. The van der Waals surface area contributed by atoms with Gasteiger partial charge in [-0.15, -0.1) is 11.3 Å². The number of piperidine rings is 1. The number of amides is 3. The van der Waals surface area contributed by atoms with Gasteiger partial charge in [0.15, 0.2) is 11.5 Å². The number of ether oxygens (including phenoxy) is 2. The number of likely N-dealkylation sites (tertiary alicyclic amines) is 2. The molecule has 0 aliphatic carbocycles. The fraction of sp³-hybridized carbons (Fsp3) is 0.458. The van der Waals surface area contributed by atoms with Gasteiger partial charge in [0.25, 0.3) is 11.8 Å².